The maximum atomic E-state index is 12.7. The van der Waals surface area contributed by atoms with Crippen LogP contribution in [0.1, 0.15) is 11.3 Å². The summed E-state index contributed by atoms with van der Waals surface area (Å²) in [4.78, 5) is 7.72. The third kappa shape index (κ3) is 3.91. The smallest absolute Gasteiger partial charge is 0.349 e. The molecule has 2 N–H and O–H groups in total. The zero-order valence-corrected chi connectivity index (χ0v) is 13.7. The van der Waals surface area contributed by atoms with Crippen molar-refractivity contribution < 1.29 is 13.2 Å². The maximum Gasteiger partial charge on any atom is 0.433 e. The van der Waals surface area contributed by atoms with E-state index in [2.05, 4.69) is 41.4 Å². The number of benzene rings is 1. The lowest BCUT2D eigenvalue weighted by Crippen LogP contribution is -2.08. The molecule has 0 aliphatic rings. The summed E-state index contributed by atoms with van der Waals surface area (Å²) in [7, 11) is 0. The summed E-state index contributed by atoms with van der Waals surface area (Å²) in [6.07, 6.45) is -4.45. The van der Waals surface area contributed by atoms with Gasteiger partial charge in [-0.25, -0.2) is 4.98 Å². The number of alkyl halides is 3. The van der Waals surface area contributed by atoms with Crippen LogP contribution in [0.3, 0.4) is 0 Å². The van der Waals surface area contributed by atoms with Crippen molar-refractivity contribution in [3.8, 4) is 11.3 Å². The van der Waals surface area contributed by atoms with E-state index < -0.39 is 11.9 Å². The van der Waals surface area contributed by atoms with Crippen LogP contribution in [0.15, 0.2) is 47.2 Å². The molecule has 0 radical (unpaired) electrons. The summed E-state index contributed by atoms with van der Waals surface area (Å²) in [5.41, 5.74) is 0.931. The van der Waals surface area contributed by atoms with Crippen LogP contribution >= 0.6 is 15.9 Å². The number of aromatic amines is 1. The molecule has 3 rings (SSSR count). The van der Waals surface area contributed by atoms with Crippen LogP contribution in [0.4, 0.5) is 19.1 Å². The number of H-pyrrole nitrogens is 1. The highest BCUT2D eigenvalue weighted by Gasteiger charge is 2.32. The second kappa shape index (κ2) is 6.60. The molecule has 5 nitrogen and oxygen atoms in total. The van der Waals surface area contributed by atoms with Gasteiger partial charge in [0.15, 0.2) is 4.73 Å². The van der Waals surface area contributed by atoms with E-state index in [1.165, 1.54) is 6.07 Å². The van der Waals surface area contributed by atoms with Crippen LogP contribution < -0.4 is 5.32 Å². The van der Waals surface area contributed by atoms with E-state index in [0.29, 0.717) is 22.8 Å². The minimum atomic E-state index is -4.45. The Labute approximate surface area is 143 Å². The van der Waals surface area contributed by atoms with Gasteiger partial charge >= 0.3 is 6.18 Å². The number of aromatic nitrogens is 4. The molecule has 0 spiro atoms. The van der Waals surface area contributed by atoms with Crippen molar-refractivity contribution in [2.45, 2.75) is 12.7 Å². The average molecular weight is 398 g/mol. The zero-order valence-electron chi connectivity index (χ0n) is 12.1. The van der Waals surface area contributed by atoms with Crippen molar-refractivity contribution in [2.24, 2.45) is 0 Å². The highest BCUT2D eigenvalue weighted by Crippen LogP contribution is 2.29. The molecular weight excluding hydrogens is 387 g/mol. The first-order valence-corrected chi connectivity index (χ1v) is 7.66. The maximum absolute atomic E-state index is 12.7. The lowest BCUT2D eigenvalue weighted by Gasteiger charge is -2.08. The van der Waals surface area contributed by atoms with Crippen molar-refractivity contribution in [1.82, 2.24) is 20.2 Å². The Morgan fingerprint density at radius 3 is 2.42 bits per heavy atom. The average Bonchev–Trinajstić information content (AvgIpc) is 2.98. The number of nitrogens with zero attached hydrogens (tertiary/aromatic N) is 3. The van der Waals surface area contributed by atoms with Gasteiger partial charge in [-0.2, -0.15) is 18.2 Å². The second-order valence-corrected chi connectivity index (χ2v) is 5.66. The fraction of sp³-hybridized carbons (Fsp3) is 0.133. The van der Waals surface area contributed by atoms with Gasteiger partial charge in [-0.05, 0) is 33.6 Å². The fourth-order valence-electron chi connectivity index (χ4n) is 2.05. The van der Waals surface area contributed by atoms with Gasteiger partial charge in [0, 0.05) is 12.1 Å². The summed E-state index contributed by atoms with van der Waals surface area (Å²) in [6.45, 7) is 0.487. The first kappa shape index (κ1) is 16.4. The van der Waals surface area contributed by atoms with Gasteiger partial charge < -0.3 is 5.32 Å². The third-order valence-corrected chi connectivity index (χ3v) is 3.55. The predicted molar refractivity (Wildman–Crippen MR) is 86.1 cm³/mol. The van der Waals surface area contributed by atoms with E-state index in [0.717, 1.165) is 11.6 Å². The van der Waals surface area contributed by atoms with Crippen LogP contribution in [0, 0.1) is 0 Å². The topological polar surface area (TPSA) is 66.5 Å². The van der Waals surface area contributed by atoms with E-state index in [1.807, 2.05) is 12.1 Å². The number of pyridine rings is 1. The molecule has 24 heavy (non-hydrogen) atoms. The first-order chi connectivity index (χ1) is 11.4. The Morgan fingerprint density at radius 1 is 1.04 bits per heavy atom. The van der Waals surface area contributed by atoms with Crippen molar-refractivity contribution >= 4 is 21.9 Å². The SMILES string of the molecule is FC(F)(F)c1cccc(-c2ccc(CNc3n[nH]c(Br)n3)cc2)n1. The molecule has 0 atom stereocenters. The normalized spacial score (nSPS) is 11.5. The van der Waals surface area contributed by atoms with Crippen LogP contribution in [0.5, 0.6) is 0 Å². The molecule has 3 aromatic rings. The van der Waals surface area contributed by atoms with Crippen molar-refractivity contribution in [3.63, 3.8) is 0 Å². The van der Waals surface area contributed by atoms with Gasteiger partial charge in [0.1, 0.15) is 5.69 Å². The number of hydrogen-bond donors (Lipinski definition) is 2. The van der Waals surface area contributed by atoms with Gasteiger partial charge in [-0.3, -0.25) is 5.10 Å². The predicted octanol–water partition coefficient (Wildman–Crippen LogP) is 4.26. The molecule has 0 unspecified atom stereocenters. The quantitative estimate of drug-likeness (QED) is 0.690. The molecule has 0 amide bonds. The molecule has 0 saturated carbocycles. The number of hydrogen-bond acceptors (Lipinski definition) is 4. The fourth-order valence-corrected chi connectivity index (χ4v) is 2.31. The van der Waals surface area contributed by atoms with Crippen molar-refractivity contribution in [3.05, 3.63) is 58.5 Å². The molecule has 2 aromatic heterocycles. The summed E-state index contributed by atoms with van der Waals surface area (Å²) in [5, 5.41) is 9.59. The lowest BCUT2D eigenvalue weighted by atomic mass is 10.1. The van der Waals surface area contributed by atoms with Crippen LogP contribution in [0.2, 0.25) is 0 Å². The van der Waals surface area contributed by atoms with Gasteiger partial charge in [0.25, 0.3) is 0 Å². The molecule has 9 heteroatoms. The minimum Gasteiger partial charge on any atom is -0.349 e. The highest BCUT2D eigenvalue weighted by atomic mass is 79.9. The molecule has 0 aliphatic heterocycles. The van der Waals surface area contributed by atoms with Crippen LogP contribution in [-0.2, 0) is 12.7 Å². The second-order valence-electron chi connectivity index (χ2n) is 4.91. The Balaban J connectivity index is 1.72. The Morgan fingerprint density at radius 2 is 1.79 bits per heavy atom. The summed E-state index contributed by atoms with van der Waals surface area (Å²) >= 11 is 3.16. The highest BCUT2D eigenvalue weighted by molar-refractivity contribution is 9.10. The molecule has 1 aromatic carbocycles. The number of halogens is 4. The lowest BCUT2D eigenvalue weighted by molar-refractivity contribution is -0.141. The number of anilines is 1. The van der Waals surface area contributed by atoms with Gasteiger partial charge in [0.05, 0.1) is 5.69 Å². The van der Waals surface area contributed by atoms with E-state index in [9.17, 15) is 13.2 Å². The molecule has 0 aliphatic carbocycles. The zero-order chi connectivity index (χ0) is 17.2. The number of rotatable bonds is 4. The molecule has 0 bridgehead atoms. The Kier molecular flexibility index (Phi) is 4.52. The van der Waals surface area contributed by atoms with E-state index in [4.69, 9.17) is 0 Å². The molecular formula is C15H11BrF3N5. The molecule has 124 valence electrons. The molecule has 0 saturated heterocycles. The summed E-state index contributed by atoms with van der Waals surface area (Å²) < 4.78 is 38.7. The van der Waals surface area contributed by atoms with Crippen LogP contribution in [0.25, 0.3) is 11.3 Å². The molecule has 0 fully saturated rings. The largest absolute Gasteiger partial charge is 0.433 e. The number of nitrogens with one attached hydrogen (secondary N) is 2. The minimum absolute atomic E-state index is 0.280. The standard InChI is InChI=1S/C15H11BrF3N5/c16-13-22-14(24-23-13)20-8-9-4-6-10(7-5-9)11-2-1-3-12(21-11)15(17,18)19/h1-7H,8H2,(H2,20,22,23,24). The van der Waals surface area contributed by atoms with Gasteiger partial charge in [-0.15, -0.1) is 5.10 Å². The van der Waals surface area contributed by atoms with Crippen molar-refractivity contribution in [1.29, 1.82) is 0 Å². The first-order valence-electron chi connectivity index (χ1n) is 6.87. The Hall–Kier alpha value is -2.42. The van der Waals surface area contributed by atoms with Crippen molar-refractivity contribution in [2.75, 3.05) is 5.32 Å². The van der Waals surface area contributed by atoms with E-state index in [-0.39, 0.29) is 5.69 Å². The van der Waals surface area contributed by atoms with E-state index in [1.54, 1.807) is 18.2 Å². The summed E-state index contributed by atoms with van der Waals surface area (Å²) in [6, 6.07) is 10.9. The monoisotopic (exact) mass is 397 g/mol. The van der Waals surface area contributed by atoms with E-state index >= 15 is 0 Å². The van der Waals surface area contributed by atoms with Crippen LogP contribution in [-0.4, -0.2) is 20.2 Å². The summed E-state index contributed by atoms with van der Waals surface area (Å²) in [5.74, 6) is 0.450. The van der Waals surface area contributed by atoms with Gasteiger partial charge in [0.2, 0.25) is 5.95 Å². The molecule has 2 heterocycles. The third-order valence-electron chi connectivity index (χ3n) is 3.20. The van der Waals surface area contributed by atoms with Gasteiger partial charge in [-0.1, -0.05) is 30.3 Å². The Bertz CT molecular complexity index is 830.